The molecule has 0 aliphatic carbocycles. The molecule has 1 unspecified atom stereocenters. The summed E-state index contributed by atoms with van der Waals surface area (Å²) in [6, 6.07) is 10.00. The topological polar surface area (TPSA) is 83.0 Å². The first-order valence-electron chi connectivity index (χ1n) is 9.97. The van der Waals surface area contributed by atoms with Gasteiger partial charge in [-0.2, -0.15) is 0 Å². The predicted molar refractivity (Wildman–Crippen MR) is 110 cm³/mol. The van der Waals surface area contributed by atoms with Gasteiger partial charge in [0.05, 0.1) is 13.2 Å². The van der Waals surface area contributed by atoms with Crippen molar-refractivity contribution < 1.29 is 14.6 Å². The van der Waals surface area contributed by atoms with E-state index in [4.69, 9.17) is 4.74 Å². The number of hydrogen-bond acceptors (Lipinski definition) is 4. The van der Waals surface area contributed by atoms with Crippen molar-refractivity contribution in [3.63, 3.8) is 0 Å². The van der Waals surface area contributed by atoms with E-state index in [-0.39, 0.29) is 18.5 Å². The highest BCUT2D eigenvalue weighted by Gasteiger charge is 2.10. The van der Waals surface area contributed by atoms with Gasteiger partial charge in [0, 0.05) is 32.5 Å². The van der Waals surface area contributed by atoms with Crippen LogP contribution < -0.4 is 10.6 Å². The van der Waals surface area contributed by atoms with Crippen LogP contribution in [0.4, 0.5) is 0 Å². The Bertz CT molecular complexity index is 535. The Morgan fingerprint density at radius 3 is 2.48 bits per heavy atom. The van der Waals surface area contributed by atoms with Crippen LogP contribution in [0.25, 0.3) is 0 Å². The predicted octanol–water partition coefficient (Wildman–Crippen LogP) is 2.83. The van der Waals surface area contributed by atoms with E-state index < -0.39 is 0 Å². The first-order chi connectivity index (χ1) is 13.2. The molecule has 1 aromatic rings. The third-order valence-corrected chi connectivity index (χ3v) is 4.39. The van der Waals surface area contributed by atoms with E-state index in [9.17, 15) is 9.90 Å². The lowest BCUT2D eigenvalue weighted by atomic mass is 10.0. The van der Waals surface area contributed by atoms with Crippen molar-refractivity contribution in [2.24, 2.45) is 4.99 Å². The van der Waals surface area contributed by atoms with Crippen LogP contribution in [0.5, 0.6) is 0 Å². The van der Waals surface area contributed by atoms with E-state index in [1.165, 1.54) is 0 Å². The third kappa shape index (κ3) is 10.6. The molecular formula is C21H35N3O3. The molecule has 0 aliphatic rings. The summed E-state index contributed by atoms with van der Waals surface area (Å²) in [4.78, 5) is 15.5. The third-order valence-electron chi connectivity index (χ3n) is 4.39. The number of ether oxygens (including phenoxy) is 1. The minimum Gasteiger partial charge on any atom is -0.466 e. The van der Waals surface area contributed by atoms with Gasteiger partial charge < -0.3 is 20.5 Å². The van der Waals surface area contributed by atoms with Crippen LogP contribution in [-0.2, 0) is 9.53 Å². The molecule has 0 fully saturated rings. The van der Waals surface area contributed by atoms with Crippen LogP contribution in [0.1, 0.15) is 56.9 Å². The molecule has 1 aromatic carbocycles. The Kier molecular flexibility index (Phi) is 12.8. The largest absolute Gasteiger partial charge is 0.466 e. The molecule has 6 heteroatoms. The molecule has 0 heterocycles. The van der Waals surface area contributed by atoms with Crippen LogP contribution >= 0.6 is 0 Å². The molecule has 3 N–H and O–H groups in total. The fourth-order valence-electron chi connectivity index (χ4n) is 2.82. The van der Waals surface area contributed by atoms with Crippen molar-refractivity contribution in [1.29, 1.82) is 0 Å². The van der Waals surface area contributed by atoms with E-state index in [0.29, 0.717) is 19.6 Å². The molecule has 152 valence electrons. The van der Waals surface area contributed by atoms with Crippen molar-refractivity contribution in [2.45, 2.75) is 51.4 Å². The first kappa shape index (κ1) is 23.0. The lowest BCUT2D eigenvalue weighted by Gasteiger charge is -2.18. The number of esters is 1. The van der Waals surface area contributed by atoms with Crippen LogP contribution in [0.3, 0.4) is 0 Å². The fraction of sp³-hybridized carbons (Fsp3) is 0.619. The number of unbranched alkanes of at least 4 members (excludes halogenated alkanes) is 4. The molecular weight excluding hydrogens is 342 g/mol. The zero-order chi connectivity index (χ0) is 19.7. The second-order valence-corrected chi connectivity index (χ2v) is 6.49. The maximum absolute atomic E-state index is 11.2. The van der Waals surface area contributed by atoms with Crippen molar-refractivity contribution in [3.05, 3.63) is 35.9 Å². The van der Waals surface area contributed by atoms with Crippen molar-refractivity contribution in [1.82, 2.24) is 10.6 Å². The standard InChI is InChI=1S/C21H35N3O3/c1-3-27-20(26)14-10-5-4-6-11-15-23-21(22-2)24-16-19(17-25)18-12-8-7-9-13-18/h7-9,12-13,19,25H,3-6,10-11,14-17H2,1-2H3,(H2,22,23,24). The number of guanidine groups is 1. The van der Waals surface area contributed by atoms with Crippen LogP contribution in [-0.4, -0.2) is 50.4 Å². The lowest BCUT2D eigenvalue weighted by molar-refractivity contribution is -0.143. The number of aliphatic imine (C=N–C) groups is 1. The number of carbonyl (C=O) groups excluding carboxylic acids is 1. The summed E-state index contributed by atoms with van der Waals surface area (Å²) in [5.41, 5.74) is 1.12. The molecule has 0 aromatic heterocycles. The second-order valence-electron chi connectivity index (χ2n) is 6.49. The summed E-state index contributed by atoms with van der Waals surface area (Å²) in [6.45, 7) is 3.88. The summed E-state index contributed by atoms with van der Waals surface area (Å²) >= 11 is 0. The Morgan fingerprint density at radius 1 is 1.11 bits per heavy atom. The van der Waals surface area contributed by atoms with Crippen LogP contribution in [0.15, 0.2) is 35.3 Å². The minimum absolute atomic E-state index is 0.0455. The molecule has 0 aliphatic heterocycles. The number of carbonyl (C=O) groups is 1. The molecule has 0 bridgehead atoms. The van der Waals surface area contributed by atoms with Gasteiger partial charge in [-0.1, -0.05) is 49.6 Å². The van der Waals surface area contributed by atoms with Gasteiger partial charge in [0.15, 0.2) is 5.96 Å². The molecule has 0 saturated carbocycles. The number of rotatable bonds is 13. The number of benzene rings is 1. The minimum atomic E-state index is -0.0919. The normalized spacial score (nSPS) is 12.5. The van der Waals surface area contributed by atoms with Gasteiger partial charge in [-0.25, -0.2) is 0 Å². The molecule has 0 radical (unpaired) electrons. The summed E-state index contributed by atoms with van der Waals surface area (Å²) in [5.74, 6) is 0.710. The summed E-state index contributed by atoms with van der Waals surface area (Å²) in [7, 11) is 1.75. The monoisotopic (exact) mass is 377 g/mol. The van der Waals surface area contributed by atoms with Gasteiger partial charge in [-0.15, -0.1) is 0 Å². The molecule has 1 atom stereocenters. The zero-order valence-electron chi connectivity index (χ0n) is 16.7. The van der Waals surface area contributed by atoms with Gasteiger partial charge >= 0.3 is 5.97 Å². The van der Waals surface area contributed by atoms with Crippen molar-refractivity contribution in [2.75, 3.05) is 33.4 Å². The number of aliphatic hydroxyl groups excluding tert-OH is 1. The van der Waals surface area contributed by atoms with Gasteiger partial charge in [-0.3, -0.25) is 9.79 Å². The fourth-order valence-corrected chi connectivity index (χ4v) is 2.82. The van der Waals surface area contributed by atoms with Gasteiger partial charge in [-0.05, 0) is 25.3 Å². The molecule has 0 amide bonds. The second kappa shape index (κ2) is 15.0. The maximum Gasteiger partial charge on any atom is 0.305 e. The Balaban J connectivity index is 2.12. The quantitative estimate of drug-likeness (QED) is 0.213. The van der Waals surface area contributed by atoms with Crippen molar-refractivity contribution in [3.8, 4) is 0 Å². The van der Waals surface area contributed by atoms with Crippen molar-refractivity contribution >= 4 is 11.9 Å². The highest BCUT2D eigenvalue weighted by molar-refractivity contribution is 5.79. The average molecular weight is 378 g/mol. The Hall–Kier alpha value is -2.08. The van der Waals surface area contributed by atoms with E-state index in [0.717, 1.165) is 50.2 Å². The maximum atomic E-state index is 11.2. The summed E-state index contributed by atoms with van der Waals surface area (Å²) in [5, 5.41) is 16.2. The highest BCUT2D eigenvalue weighted by Crippen LogP contribution is 2.13. The van der Waals surface area contributed by atoms with E-state index in [1.807, 2.05) is 37.3 Å². The number of nitrogens with zero attached hydrogens (tertiary/aromatic N) is 1. The van der Waals surface area contributed by atoms with Crippen LogP contribution in [0.2, 0.25) is 0 Å². The smallest absolute Gasteiger partial charge is 0.305 e. The summed E-state index contributed by atoms with van der Waals surface area (Å²) in [6.07, 6.45) is 5.78. The Labute approximate surface area is 163 Å². The van der Waals surface area contributed by atoms with Gasteiger partial charge in [0.1, 0.15) is 0 Å². The molecule has 1 rings (SSSR count). The van der Waals surface area contributed by atoms with Crippen LogP contribution in [0, 0.1) is 0 Å². The number of aliphatic hydroxyl groups is 1. The van der Waals surface area contributed by atoms with E-state index in [2.05, 4.69) is 15.6 Å². The average Bonchev–Trinajstić information content (AvgIpc) is 2.69. The summed E-state index contributed by atoms with van der Waals surface area (Å²) < 4.78 is 4.92. The SMILES string of the molecule is CCOC(=O)CCCCCCCNC(=NC)NCC(CO)c1ccccc1. The van der Waals surface area contributed by atoms with Gasteiger partial charge in [0.25, 0.3) is 0 Å². The Morgan fingerprint density at radius 2 is 1.81 bits per heavy atom. The van der Waals surface area contributed by atoms with Gasteiger partial charge in [0.2, 0.25) is 0 Å². The molecule has 6 nitrogen and oxygen atoms in total. The first-order valence-corrected chi connectivity index (χ1v) is 9.97. The van der Waals surface area contributed by atoms with E-state index >= 15 is 0 Å². The highest BCUT2D eigenvalue weighted by atomic mass is 16.5. The number of hydrogen-bond donors (Lipinski definition) is 3. The zero-order valence-corrected chi connectivity index (χ0v) is 16.7. The molecule has 27 heavy (non-hydrogen) atoms. The molecule has 0 saturated heterocycles. The lowest BCUT2D eigenvalue weighted by Crippen LogP contribution is -2.40. The van der Waals surface area contributed by atoms with E-state index in [1.54, 1.807) is 7.05 Å². The number of nitrogens with one attached hydrogen (secondary N) is 2. The molecule has 0 spiro atoms.